The smallest absolute Gasteiger partial charge is 0.266 e. The van der Waals surface area contributed by atoms with Gasteiger partial charge in [0.15, 0.2) is 11.5 Å². The molecule has 0 spiro atoms. The Kier molecular flexibility index (Phi) is 4.87. The minimum atomic E-state index is -0.568. The summed E-state index contributed by atoms with van der Waals surface area (Å²) in [4.78, 5) is 16.5. The van der Waals surface area contributed by atoms with Crippen LogP contribution in [-0.2, 0) is 13.0 Å². The lowest BCUT2D eigenvalue weighted by molar-refractivity contribution is 0.174. The second-order valence-corrected chi connectivity index (χ2v) is 7.15. The van der Waals surface area contributed by atoms with Gasteiger partial charge < -0.3 is 14.0 Å². The summed E-state index contributed by atoms with van der Waals surface area (Å²) in [7, 11) is 0. The first kappa shape index (κ1) is 19.3. The van der Waals surface area contributed by atoms with Crippen molar-refractivity contribution in [3.8, 4) is 34.1 Å². The number of hydrogen-bond acceptors (Lipinski definition) is 7. The maximum atomic E-state index is 13.7. The zero-order valence-electron chi connectivity index (χ0n) is 15.9. The quantitative estimate of drug-likeness (QED) is 0.467. The summed E-state index contributed by atoms with van der Waals surface area (Å²) in [6.45, 7) is 0.411. The van der Waals surface area contributed by atoms with Crippen LogP contribution in [0.4, 0.5) is 4.39 Å². The predicted octanol–water partition coefficient (Wildman–Crippen LogP) is 3.72. The Hall–Kier alpha value is -3.72. The molecule has 0 unspecified atom stereocenters. The number of benzene rings is 2. The summed E-state index contributed by atoms with van der Waals surface area (Å²) in [5, 5.41) is 8.30. The minimum absolute atomic E-state index is 0.0141. The molecule has 2 aromatic carbocycles. The highest BCUT2D eigenvalue weighted by Crippen LogP contribution is 2.35. The van der Waals surface area contributed by atoms with E-state index in [2.05, 4.69) is 15.2 Å². The van der Waals surface area contributed by atoms with E-state index in [1.165, 1.54) is 22.9 Å². The number of aryl methyl sites for hydroxylation is 2. The topological polar surface area (TPSA) is 92.3 Å². The largest absolute Gasteiger partial charge is 0.454 e. The lowest BCUT2D eigenvalue weighted by atomic mass is 10.1. The summed E-state index contributed by atoms with van der Waals surface area (Å²) in [6, 6.07) is 12.8. The van der Waals surface area contributed by atoms with E-state index in [-0.39, 0.29) is 36.2 Å². The van der Waals surface area contributed by atoms with E-state index in [4.69, 9.17) is 25.6 Å². The van der Waals surface area contributed by atoms with E-state index in [1.54, 1.807) is 18.2 Å². The third kappa shape index (κ3) is 3.87. The highest BCUT2D eigenvalue weighted by atomic mass is 35.5. The van der Waals surface area contributed by atoms with Gasteiger partial charge in [0, 0.05) is 23.6 Å². The number of nitrogens with zero attached hydrogens (tertiary/aromatic N) is 4. The molecule has 156 valence electrons. The van der Waals surface area contributed by atoms with Crippen LogP contribution in [0.5, 0.6) is 11.5 Å². The van der Waals surface area contributed by atoms with Gasteiger partial charge in [0.1, 0.15) is 5.82 Å². The Bertz CT molecular complexity index is 1340. The fourth-order valence-electron chi connectivity index (χ4n) is 3.13. The van der Waals surface area contributed by atoms with Gasteiger partial charge in [-0.25, -0.2) is 9.07 Å². The molecule has 0 fully saturated rings. The van der Waals surface area contributed by atoms with E-state index in [0.717, 1.165) is 5.56 Å². The maximum Gasteiger partial charge on any atom is 0.266 e. The number of ether oxygens (including phenoxy) is 2. The fraction of sp³-hybridized carbons (Fsp3) is 0.143. The molecule has 4 aromatic rings. The van der Waals surface area contributed by atoms with Crippen LogP contribution in [0.1, 0.15) is 5.89 Å². The molecule has 3 heterocycles. The standard InChI is InChI=1S/C21H14ClFN4O4/c22-14-3-1-13(9-15(14)23)21-24-19(31-26-21)7-8-27-20(28)6-4-16(25-27)12-2-5-17-18(10-12)30-11-29-17/h1-6,9-10H,7-8,11H2. The van der Waals surface area contributed by atoms with Gasteiger partial charge in [-0.1, -0.05) is 16.8 Å². The van der Waals surface area contributed by atoms with Crippen LogP contribution in [0.3, 0.4) is 0 Å². The van der Waals surface area contributed by atoms with Crippen LogP contribution in [0.25, 0.3) is 22.6 Å². The Labute approximate surface area is 179 Å². The molecule has 0 radical (unpaired) electrons. The molecule has 5 rings (SSSR count). The van der Waals surface area contributed by atoms with Gasteiger partial charge in [0.25, 0.3) is 5.56 Å². The lowest BCUT2D eigenvalue weighted by Crippen LogP contribution is -2.23. The molecule has 0 saturated heterocycles. The molecule has 0 amide bonds. The average Bonchev–Trinajstić information content (AvgIpc) is 3.44. The molecule has 8 nitrogen and oxygen atoms in total. The minimum Gasteiger partial charge on any atom is -0.454 e. The van der Waals surface area contributed by atoms with Crippen molar-refractivity contribution in [2.75, 3.05) is 6.79 Å². The van der Waals surface area contributed by atoms with Crippen molar-refractivity contribution in [3.05, 3.63) is 75.6 Å². The van der Waals surface area contributed by atoms with Crippen LogP contribution in [-0.4, -0.2) is 26.7 Å². The number of fused-ring (bicyclic) bond motifs is 1. The van der Waals surface area contributed by atoms with Crippen molar-refractivity contribution >= 4 is 11.6 Å². The van der Waals surface area contributed by atoms with E-state index in [1.807, 2.05) is 12.1 Å². The molecule has 10 heteroatoms. The molecule has 0 bridgehead atoms. The van der Waals surface area contributed by atoms with E-state index < -0.39 is 5.82 Å². The molecule has 1 aliphatic rings. The average molecular weight is 441 g/mol. The van der Waals surface area contributed by atoms with Crippen LogP contribution in [0.15, 0.2) is 57.8 Å². The number of halogens is 2. The molecule has 0 aliphatic carbocycles. The van der Waals surface area contributed by atoms with Crippen molar-refractivity contribution in [1.82, 2.24) is 19.9 Å². The molecular formula is C21H14ClFN4O4. The summed E-state index contributed by atoms with van der Waals surface area (Å²) in [6.07, 6.45) is 0.278. The summed E-state index contributed by atoms with van der Waals surface area (Å²) in [5.74, 6) is 1.27. The van der Waals surface area contributed by atoms with Gasteiger partial charge in [-0.05, 0) is 42.5 Å². The molecule has 0 saturated carbocycles. The van der Waals surface area contributed by atoms with Crippen LogP contribution < -0.4 is 15.0 Å². The van der Waals surface area contributed by atoms with Gasteiger partial charge >= 0.3 is 0 Å². The third-order valence-electron chi connectivity index (χ3n) is 4.72. The number of hydrogen-bond donors (Lipinski definition) is 0. The van der Waals surface area contributed by atoms with Gasteiger partial charge in [0.05, 0.1) is 17.3 Å². The zero-order valence-corrected chi connectivity index (χ0v) is 16.7. The maximum absolute atomic E-state index is 13.7. The molecular weight excluding hydrogens is 427 g/mol. The van der Waals surface area contributed by atoms with Crippen LogP contribution >= 0.6 is 11.6 Å². The monoisotopic (exact) mass is 440 g/mol. The van der Waals surface area contributed by atoms with Crippen molar-refractivity contribution in [3.63, 3.8) is 0 Å². The van der Waals surface area contributed by atoms with Gasteiger partial charge in [-0.2, -0.15) is 10.1 Å². The van der Waals surface area contributed by atoms with E-state index >= 15 is 0 Å². The van der Waals surface area contributed by atoms with Gasteiger partial charge in [-0.3, -0.25) is 4.79 Å². The van der Waals surface area contributed by atoms with Crippen molar-refractivity contribution in [2.24, 2.45) is 0 Å². The van der Waals surface area contributed by atoms with Crippen molar-refractivity contribution in [1.29, 1.82) is 0 Å². The third-order valence-corrected chi connectivity index (χ3v) is 5.02. The van der Waals surface area contributed by atoms with Gasteiger partial charge in [0.2, 0.25) is 18.5 Å². The zero-order chi connectivity index (χ0) is 21.4. The lowest BCUT2D eigenvalue weighted by Gasteiger charge is -2.06. The Morgan fingerprint density at radius 1 is 1.03 bits per heavy atom. The Morgan fingerprint density at radius 2 is 1.87 bits per heavy atom. The second kappa shape index (κ2) is 7.84. The highest BCUT2D eigenvalue weighted by Gasteiger charge is 2.15. The highest BCUT2D eigenvalue weighted by molar-refractivity contribution is 6.30. The Morgan fingerprint density at radius 3 is 2.74 bits per heavy atom. The molecule has 0 N–H and O–H groups in total. The van der Waals surface area contributed by atoms with Crippen molar-refractivity contribution in [2.45, 2.75) is 13.0 Å². The summed E-state index contributed by atoms with van der Waals surface area (Å²) < 4.78 is 30.9. The normalized spacial score (nSPS) is 12.3. The second-order valence-electron chi connectivity index (χ2n) is 6.74. The van der Waals surface area contributed by atoms with Crippen molar-refractivity contribution < 1.29 is 18.4 Å². The Balaban J connectivity index is 1.34. The summed E-state index contributed by atoms with van der Waals surface area (Å²) in [5.41, 5.74) is 1.59. The van der Waals surface area contributed by atoms with Crippen LogP contribution in [0, 0.1) is 5.82 Å². The SMILES string of the molecule is O=c1ccc(-c2ccc3c(c2)OCO3)nn1CCc1nc(-c2ccc(Cl)c(F)c2)no1. The van der Waals surface area contributed by atoms with E-state index in [9.17, 15) is 9.18 Å². The molecule has 0 atom stereocenters. The summed E-state index contributed by atoms with van der Waals surface area (Å²) >= 11 is 5.70. The number of rotatable bonds is 5. The van der Waals surface area contributed by atoms with E-state index in [0.29, 0.717) is 28.6 Å². The first-order valence-corrected chi connectivity index (χ1v) is 9.71. The predicted molar refractivity (Wildman–Crippen MR) is 108 cm³/mol. The first-order chi connectivity index (χ1) is 15.1. The fourth-order valence-corrected chi connectivity index (χ4v) is 3.25. The first-order valence-electron chi connectivity index (χ1n) is 9.33. The number of aromatic nitrogens is 4. The molecule has 2 aromatic heterocycles. The van der Waals surface area contributed by atoms with Gasteiger partial charge in [-0.15, -0.1) is 0 Å². The molecule has 31 heavy (non-hydrogen) atoms. The molecule has 1 aliphatic heterocycles. The van der Waals surface area contributed by atoms with Crippen LogP contribution in [0.2, 0.25) is 5.02 Å².